The normalized spacial score (nSPS) is 9.39. The first-order chi connectivity index (χ1) is 8.06. The molecule has 1 aromatic carbocycles. The molecule has 1 rings (SSSR count). The first-order valence-electron chi connectivity index (χ1n) is 5.23. The van der Waals surface area contributed by atoms with Crippen LogP contribution in [0, 0.1) is 10.1 Å². The van der Waals surface area contributed by atoms with Crippen molar-refractivity contribution in [2.24, 2.45) is 0 Å². The molecule has 0 heterocycles. The number of hydrogen-bond donors (Lipinski definition) is 1. The van der Waals surface area contributed by atoms with Gasteiger partial charge < -0.3 is 10.5 Å². The Labute approximate surface area is 111 Å². The quantitative estimate of drug-likeness (QED) is 0.384. The summed E-state index contributed by atoms with van der Waals surface area (Å²) in [5.74, 6) is -0.384. The van der Waals surface area contributed by atoms with Crippen LogP contribution in [0.4, 0.5) is 11.4 Å². The zero-order valence-electron chi connectivity index (χ0n) is 9.92. The number of carbonyl (C=O) groups is 1. The van der Waals surface area contributed by atoms with Crippen molar-refractivity contribution in [2.45, 2.75) is 19.8 Å². The number of nitrogens with zero attached hydrogens (tertiary/aromatic N) is 1. The van der Waals surface area contributed by atoms with E-state index in [1.807, 2.05) is 0 Å². The molecule has 100 valence electrons. The van der Waals surface area contributed by atoms with Crippen molar-refractivity contribution in [3.05, 3.63) is 33.9 Å². The summed E-state index contributed by atoms with van der Waals surface area (Å²) in [6.45, 7) is 2.00. The molecule has 0 amide bonds. The number of anilines is 1. The first kappa shape index (κ1) is 16.2. The van der Waals surface area contributed by atoms with Crippen LogP contribution in [0.1, 0.15) is 18.9 Å². The van der Waals surface area contributed by atoms with Crippen molar-refractivity contribution in [2.75, 3.05) is 12.3 Å². The molecule has 0 saturated heterocycles. The third-order valence-electron chi connectivity index (χ3n) is 2.27. The van der Waals surface area contributed by atoms with Crippen LogP contribution in [0.5, 0.6) is 0 Å². The molecule has 18 heavy (non-hydrogen) atoms. The molecule has 0 spiro atoms. The lowest BCUT2D eigenvalue weighted by Crippen LogP contribution is -2.07. The molecule has 0 saturated carbocycles. The highest BCUT2D eigenvalue weighted by molar-refractivity contribution is 5.85. The van der Waals surface area contributed by atoms with Crippen LogP contribution in [-0.2, 0) is 16.0 Å². The lowest BCUT2D eigenvalue weighted by Gasteiger charge is -2.06. The van der Waals surface area contributed by atoms with Gasteiger partial charge in [-0.3, -0.25) is 14.9 Å². The highest BCUT2D eigenvalue weighted by Crippen LogP contribution is 2.25. The molecular formula is C11H15ClN2O4. The maximum Gasteiger partial charge on any atom is 0.306 e. The molecule has 0 fully saturated rings. The number of halogens is 1. The van der Waals surface area contributed by atoms with Crippen LogP contribution in [0.25, 0.3) is 0 Å². The number of ether oxygens (including phenoxy) is 1. The molecule has 0 aliphatic carbocycles. The summed E-state index contributed by atoms with van der Waals surface area (Å²) in [6.07, 6.45) is 0.296. The van der Waals surface area contributed by atoms with Gasteiger partial charge in [-0.1, -0.05) is 6.07 Å². The predicted molar refractivity (Wildman–Crippen MR) is 69.7 cm³/mol. The second-order valence-corrected chi connectivity index (χ2v) is 3.41. The van der Waals surface area contributed by atoms with Gasteiger partial charge in [-0.15, -0.1) is 12.4 Å². The topological polar surface area (TPSA) is 95.5 Å². The monoisotopic (exact) mass is 274 g/mol. The van der Waals surface area contributed by atoms with E-state index >= 15 is 0 Å². The van der Waals surface area contributed by atoms with Gasteiger partial charge in [0, 0.05) is 18.2 Å². The third-order valence-corrected chi connectivity index (χ3v) is 2.27. The van der Waals surface area contributed by atoms with Gasteiger partial charge in [0.15, 0.2) is 0 Å². The van der Waals surface area contributed by atoms with Crippen LogP contribution in [0.2, 0.25) is 0 Å². The summed E-state index contributed by atoms with van der Waals surface area (Å²) >= 11 is 0. The fourth-order valence-electron chi connectivity index (χ4n) is 1.50. The molecule has 0 aromatic heterocycles. The summed E-state index contributed by atoms with van der Waals surface area (Å²) in [6, 6.07) is 4.46. The van der Waals surface area contributed by atoms with Gasteiger partial charge in [0.1, 0.15) is 0 Å². The van der Waals surface area contributed by atoms with Crippen LogP contribution < -0.4 is 5.73 Å². The van der Waals surface area contributed by atoms with E-state index in [2.05, 4.69) is 0 Å². The molecular weight excluding hydrogens is 260 g/mol. The molecule has 7 heteroatoms. The Morgan fingerprint density at radius 3 is 2.72 bits per heavy atom. The lowest BCUT2D eigenvalue weighted by molar-refractivity contribution is -0.385. The van der Waals surface area contributed by atoms with Crippen LogP contribution in [-0.4, -0.2) is 17.5 Å². The summed E-state index contributed by atoms with van der Waals surface area (Å²) in [5, 5.41) is 10.8. The van der Waals surface area contributed by atoms with E-state index in [0.717, 1.165) is 0 Å². The molecule has 0 radical (unpaired) electrons. The zero-order chi connectivity index (χ0) is 12.8. The SMILES string of the molecule is CCOC(=O)CCc1c(N)cccc1[N+](=O)[O-].Cl. The number of nitrogens with two attached hydrogens (primary N) is 1. The minimum Gasteiger partial charge on any atom is -0.466 e. The van der Waals surface area contributed by atoms with E-state index in [0.29, 0.717) is 17.9 Å². The van der Waals surface area contributed by atoms with Crippen molar-refractivity contribution in [3.63, 3.8) is 0 Å². The molecule has 0 aliphatic rings. The number of hydrogen-bond acceptors (Lipinski definition) is 5. The van der Waals surface area contributed by atoms with E-state index in [1.165, 1.54) is 12.1 Å². The minimum absolute atomic E-state index is 0. The molecule has 0 atom stereocenters. The molecule has 2 N–H and O–H groups in total. The van der Waals surface area contributed by atoms with Gasteiger partial charge in [-0.25, -0.2) is 0 Å². The maximum atomic E-state index is 11.2. The smallest absolute Gasteiger partial charge is 0.306 e. The molecule has 6 nitrogen and oxygen atoms in total. The largest absolute Gasteiger partial charge is 0.466 e. The van der Waals surface area contributed by atoms with Gasteiger partial charge in [-0.2, -0.15) is 0 Å². The Balaban J connectivity index is 0.00000289. The van der Waals surface area contributed by atoms with Gasteiger partial charge in [0.05, 0.1) is 17.1 Å². The molecule has 1 aromatic rings. The van der Waals surface area contributed by atoms with E-state index in [9.17, 15) is 14.9 Å². The average molecular weight is 275 g/mol. The predicted octanol–water partition coefficient (Wildman–Crippen LogP) is 2.09. The molecule has 0 aliphatic heterocycles. The molecule has 0 bridgehead atoms. The maximum absolute atomic E-state index is 11.2. The van der Waals surface area contributed by atoms with E-state index < -0.39 is 4.92 Å². The Kier molecular flexibility index (Phi) is 6.74. The van der Waals surface area contributed by atoms with E-state index in [1.54, 1.807) is 13.0 Å². The van der Waals surface area contributed by atoms with Crippen molar-refractivity contribution < 1.29 is 14.5 Å². The number of benzene rings is 1. The highest BCUT2D eigenvalue weighted by atomic mass is 35.5. The summed E-state index contributed by atoms with van der Waals surface area (Å²) in [5.41, 5.74) is 6.30. The number of nitrogen functional groups attached to an aromatic ring is 1. The zero-order valence-corrected chi connectivity index (χ0v) is 10.7. The van der Waals surface area contributed by atoms with Crippen LogP contribution >= 0.6 is 12.4 Å². The summed E-state index contributed by atoms with van der Waals surface area (Å²) in [7, 11) is 0. The number of esters is 1. The number of rotatable bonds is 5. The van der Waals surface area contributed by atoms with Gasteiger partial charge >= 0.3 is 5.97 Å². The van der Waals surface area contributed by atoms with Gasteiger partial charge in [0.2, 0.25) is 0 Å². The molecule has 0 unspecified atom stereocenters. The Bertz CT molecular complexity index is 437. The average Bonchev–Trinajstić information content (AvgIpc) is 2.27. The van der Waals surface area contributed by atoms with Crippen LogP contribution in [0.3, 0.4) is 0 Å². The second-order valence-electron chi connectivity index (χ2n) is 3.41. The van der Waals surface area contributed by atoms with Crippen molar-refractivity contribution in [1.29, 1.82) is 0 Å². The van der Waals surface area contributed by atoms with Crippen molar-refractivity contribution >= 4 is 29.8 Å². The summed E-state index contributed by atoms with van der Waals surface area (Å²) < 4.78 is 4.75. The van der Waals surface area contributed by atoms with Crippen LogP contribution in [0.15, 0.2) is 18.2 Å². The number of carbonyl (C=O) groups excluding carboxylic acids is 1. The first-order valence-corrected chi connectivity index (χ1v) is 5.23. The highest BCUT2D eigenvalue weighted by Gasteiger charge is 2.17. The van der Waals surface area contributed by atoms with E-state index in [-0.39, 0.29) is 36.9 Å². The number of nitro groups is 1. The third kappa shape index (κ3) is 4.21. The Hall–Kier alpha value is -1.82. The Morgan fingerprint density at radius 1 is 1.50 bits per heavy atom. The second kappa shape index (κ2) is 7.50. The van der Waals surface area contributed by atoms with E-state index in [4.69, 9.17) is 10.5 Å². The number of nitro benzene ring substituents is 1. The minimum atomic E-state index is -0.503. The van der Waals surface area contributed by atoms with Gasteiger partial charge in [-0.05, 0) is 19.4 Å². The fourth-order valence-corrected chi connectivity index (χ4v) is 1.50. The standard InChI is InChI=1S/C11H14N2O4.ClH/c1-2-17-11(14)7-6-8-9(12)4-3-5-10(8)13(15)16;/h3-5H,2,6-7,12H2,1H3;1H. The lowest BCUT2D eigenvalue weighted by atomic mass is 10.1. The van der Waals surface area contributed by atoms with Crippen molar-refractivity contribution in [1.82, 2.24) is 0 Å². The summed E-state index contributed by atoms with van der Waals surface area (Å²) in [4.78, 5) is 21.5. The fraction of sp³-hybridized carbons (Fsp3) is 0.364. The van der Waals surface area contributed by atoms with Crippen molar-refractivity contribution in [3.8, 4) is 0 Å². The van der Waals surface area contributed by atoms with Gasteiger partial charge in [0.25, 0.3) is 5.69 Å². The Morgan fingerprint density at radius 2 is 2.17 bits per heavy atom.